The Kier molecular flexibility index (Phi) is 5.14. The molecule has 1 fully saturated rings. The number of ether oxygens (including phenoxy) is 2. The van der Waals surface area contributed by atoms with Gasteiger partial charge in [-0.3, -0.25) is 4.79 Å². The van der Waals surface area contributed by atoms with Gasteiger partial charge in [0.05, 0.1) is 0 Å². The first kappa shape index (κ1) is 15.0. The fourth-order valence-electron chi connectivity index (χ4n) is 1.61. The molecule has 0 aromatic rings. The smallest absolute Gasteiger partial charge is 0.410 e. The average Bonchev–Trinajstić information content (AvgIpc) is 2.99. The largest absolute Gasteiger partial charge is 0.444 e. The van der Waals surface area contributed by atoms with E-state index in [4.69, 9.17) is 9.47 Å². The summed E-state index contributed by atoms with van der Waals surface area (Å²) in [5.41, 5.74) is -0.499. The van der Waals surface area contributed by atoms with Gasteiger partial charge in [0, 0.05) is 26.1 Å². The maximum Gasteiger partial charge on any atom is 0.410 e. The number of carbonyl (C=O) groups excluding carboxylic acids is 2. The summed E-state index contributed by atoms with van der Waals surface area (Å²) >= 11 is 0. The summed E-state index contributed by atoms with van der Waals surface area (Å²) in [6.07, 6.45) is 1.99. The highest BCUT2D eigenvalue weighted by molar-refractivity contribution is 5.80. The van der Waals surface area contributed by atoms with E-state index in [-0.39, 0.29) is 24.5 Å². The molecular formula is C13H23NO4. The summed E-state index contributed by atoms with van der Waals surface area (Å²) in [7, 11) is 1.49. The molecule has 104 valence electrons. The number of ketones is 1. The van der Waals surface area contributed by atoms with Gasteiger partial charge in [-0.15, -0.1) is 0 Å². The molecule has 18 heavy (non-hydrogen) atoms. The fourth-order valence-corrected chi connectivity index (χ4v) is 1.61. The van der Waals surface area contributed by atoms with Crippen molar-refractivity contribution in [3.8, 4) is 0 Å². The van der Waals surface area contributed by atoms with Crippen molar-refractivity contribution in [3.63, 3.8) is 0 Å². The molecule has 0 saturated heterocycles. The second-order valence-electron chi connectivity index (χ2n) is 5.63. The van der Waals surface area contributed by atoms with E-state index in [0.29, 0.717) is 13.0 Å². The minimum Gasteiger partial charge on any atom is -0.444 e. The predicted molar refractivity (Wildman–Crippen MR) is 67.5 cm³/mol. The predicted octanol–water partition coefficient (Wildman–Crippen LogP) is 1.99. The van der Waals surface area contributed by atoms with E-state index in [1.807, 2.05) is 20.8 Å². The molecule has 1 aliphatic carbocycles. The SMILES string of the molecule is COCC(=O)CCN(C(=O)OC(C)(C)C)C1CC1. The van der Waals surface area contributed by atoms with E-state index in [1.54, 1.807) is 4.90 Å². The molecule has 0 spiro atoms. The third kappa shape index (κ3) is 5.49. The normalized spacial score (nSPS) is 15.3. The van der Waals surface area contributed by atoms with Crippen LogP contribution in [0.1, 0.15) is 40.0 Å². The highest BCUT2D eigenvalue weighted by Crippen LogP contribution is 2.28. The van der Waals surface area contributed by atoms with Crippen molar-refractivity contribution in [2.24, 2.45) is 0 Å². The molecule has 0 radical (unpaired) electrons. The van der Waals surface area contributed by atoms with Gasteiger partial charge in [0.2, 0.25) is 0 Å². The van der Waals surface area contributed by atoms with E-state index in [9.17, 15) is 9.59 Å². The van der Waals surface area contributed by atoms with Crippen LogP contribution >= 0.6 is 0 Å². The maximum atomic E-state index is 12.0. The molecular weight excluding hydrogens is 234 g/mol. The molecule has 1 saturated carbocycles. The third-order valence-corrected chi connectivity index (χ3v) is 2.55. The number of rotatable bonds is 6. The molecule has 0 N–H and O–H groups in total. The van der Waals surface area contributed by atoms with Crippen molar-refractivity contribution in [1.82, 2.24) is 4.90 Å². The number of Topliss-reactive ketones (excluding diaryl/α,β-unsaturated/α-hetero) is 1. The summed E-state index contributed by atoms with van der Waals surface area (Å²) in [5, 5.41) is 0. The molecule has 5 nitrogen and oxygen atoms in total. The van der Waals surface area contributed by atoms with Crippen LogP contribution in [0.3, 0.4) is 0 Å². The summed E-state index contributed by atoms with van der Waals surface area (Å²) < 4.78 is 10.1. The molecule has 0 bridgehead atoms. The van der Waals surface area contributed by atoms with Crippen molar-refractivity contribution >= 4 is 11.9 Å². The van der Waals surface area contributed by atoms with E-state index < -0.39 is 5.60 Å². The molecule has 0 aromatic carbocycles. The molecule has 0 aromatic heterocycles. The van der Waals surface area contributed by atoms with Crippen molar-refractivity contribution in [2.45, 2.75) is 51.7 Å². The van der Waals surface area contributed by atoms with Crippen LogP contribution in [-0.2, 0) is 14.3 Å². The molecule has 0 unspecified atom stereocenters. The number of hydrogen-bond acceptors (Lipinski definition) is 4. The van der Waals surface area contributed by atoms with Gasteiger partial charge in [-0.05, 0) is 33.6 Å². The molecule has 5 heteroatoms. The number of methoxy groups -OCH3 is 1. The summed E-state index contributed by atoms with van der Waals surface area (Å²) in [4.78, 5) is 25.0. The summed E-state index contributed by atoms with van der Waals surface area (Å²) in [5.74, 6) is 0.00621. The zero-order chi connectivity index (χ0) is 13.8. The van der Waals surface area contributed by atoms with Crippen LogP contribution in [0.5, 0.6) is 0 Å². The van der Waals surface area contributed by atoms with Crippen LogP contribution < -0.4 is 0 Å². The Morgan fingerprint density at radius 1 is 1.28 bits per heavy atom. The van der Waals surface area contributed by atoms with Gasteiger partial charge < -0.3 is 14.4 Å². The third-order valence-electron chi connectivity index (χ3n) is 2.55. The lowest BCUT2D eigenvalue weighted by atomic mass is 10.2. The van der Waals surface area contributed by atoms with Crippen LogP contribution in [0.25, 0.3) is 0 Å². The monoisotopic (exact) mass is 257 g/mol. The molecule has 1 amide bonds. The molecule has 0 aliphatic heterocycles. The van der Waals surface area contributed by atoms with Gasteiger partial charge in [-0.2, -0.15) is 0 Å². The Hall–Kier alpha value is -1.10. The lowest BCUT2D eigenvalue weighted by molar-refractivity contribution is -0.122. The van der Waals surface area contributed by atoms with Crippen LogP contribution in [0.15, 0.2) is 0 Å². The summed E-state index contributed by atoms with van der Waals surface area (Å²) in [6.45, 7) is 6.04. The first-order valence-corrected chi connectivity index (χ1v) is 6.34. The van der Waals surface area contributed by atoms with E-state index in [0.717, 1.165) is 12.8 Å². The Morgan fingerprint density at radius 2 is 1.89 bits per heavy atom. The minimum absolute atomic E-state index is 0.00621. The second kappa shape index (κ2) is 6.18. The quantitative estimate of drug-likeness (QED) is 0.730. The van der Waals surface area contributed by atoms with E-state index in [1.165, 1.54) is 7.11 Å². The Balaban J connectivity index is 2.45. The van der Waals surface area contributed by atoms with Crippen molar-refractivity contribution in [2.75, 3.05) is 20.3 Å². The number of hydrogen-bond donors (Lipinski definition) is 0. The summed E-state index contributed by atoms with van der Waals surface area (Å²) in [6, 6.07) is 0.246. The Labute approximate surface area is 108 Å². The zero-order valence-electron chi connectivity index (χ0n) is 11.7. The lowest BCUT2D eigenvalue weighted by Crippen LogP contribution is -2.39. The van der Waals surface area contributed by atoms with Crippen molar-refractivity contribution in [3.05, 3.63) is 0 Å². The minimum atomic E-state index is -0.499. The standard InChI is InChI=1S/C13H23NO4/c1-13(2,3)18-12(16)14(10-5-6-10)8-7-11(15)9-17-4/h10H,5-9H2,1-4H3. The van der Waals surface area contributed by atoms with Gasteiger partial charge in [0.25, 0.3) is 0 Å². The van der Waals surface area contributed by atoms with Gasteiger partial charge in [0.1, 0.15) is 12.2 Å². The van der Waals surface area contributed by atoms with Gasteiger partial charge in [-0.25, -0.2) is 4.79 Å². The molecule has 0 heterocycles. The second-order valence-corrected chi connectivity index (χ2v) is 5.63. The van der Waals surface area contributed by atoms with Gasteiger partial charge in [0.15, 0.2) is 5.78 Å². The Bertz CT molecular complexity index is 305. The van der Waals surface area contributed by atoms with Crippen LogP contribution in [0.4, 0.5) is 4.79 Å². The van der Waals surface area contributed by atoms with E-state index in [2.05, 4.69) is 0 Å². The Morgan fingerprint density at radius 3 is 2.33 bits per heavy atom. The fraction of sp³-hybridized carbons (Fsp3) is 0.846. The van der Waals surface area contributed by atoms with Crippen molar-refractivity contribution < 1.29 is 19.1 Å². The van der Waals surface area contributed by atoms with Gasteiger partial charge >= 0.3 is 6.09 Å². The average molecular weight is 257 g/mol. The number of carbonyl (C=O) groups is 2. The lowest BCUT2D eigenvalue weighted by Gasteiger charge is -2.27. The highest BCUT2D eigenvalue weighted by atomic mass is 16.6. The molecule has 1 rings (SSSR count). The van der Waals surface area contributed by atoms with Crippen LogP contribution in [0, 0.1) is 0 Å². The van der Waals surface area contributed by atoms with E-state index >= 15 is 0 Å². The molecule has 1 aliphatic rings. The van der Waals surface area contributed by atoms with Crippen molar-refractivity contribution in [1.29, 1.82) is 0 Å². The number of amides is 1. The first-order valence-electron chi connectivity index (χ1n) is 6.34. The zero-order valence-corrected chi connectivity index (χ0v) is 11.7. The number of nitrogens with zero attached hydrogens (tertiary/aromatic N) is 1. The van der Waals surface area contributed by atoms with Crippen LogP contribution in [-0.4, -0.2) is 48.7 Å². The first-order chi connectivity index (χ1) is 8.33. The van der Waals surface area contributed by atoms with Crippen LogP contribution in [0.2, 0.25) is 0 Å². The topological polar surface area (TPSA) is 55.8 Å². The highest BCUT2D eigenvalue weighted by Gasteiger charge is 2.35. The van der Waals surface area contributed by atoms with Gasteiger partial charge in [-0.1, -0.05) is 0 Å². The maximum absolute atomic E-state index is 12.0. The molecule has 0 atom stereocenters.